The molecule has 0 saturated heterocycles. The van der Waals surface area contributed by atoms with Gasteiger partial charge in [0.05, 0.1) is 6.61 Å². The lowest BCUT2D eigenvalue weighted by Crippen LogP contribution is -2.21. The van der Waals surface area contributed by atoms with Crippen LogP contribution in [0.25, 0.3) is 5.57 Å². The van der Waals surface area contributed by atoms with Gasteiger partial charge >= 0.3 is 0 Å². The minimum absolute atomic E-state index is 0.0416. The molecule has 1 heterocycles. The van der Waals surface area contributed by atoms with Crippen molar-refractivity contribution in [1.29, 1.82) is 0 Å². The van der Waals surface area contributed by atoms with E-state index < -0.39 is 0 Å². The molecule has 2 aliphatic rings. The summed E-state index contributed by atoms with van der Waals surface area (Å²) >= 11 is 0. The number of rotatable bonds is 3. The largest absolute Gasteiger partial charge is 0.493 e. The van der Waals surface area contributed by atoms with Gasteiger partial charge in [-0.2, -0.15) is 0 Å². The molecule has 3 nitrogen and oxygen atoms in total. The Bertz CT molecular complexity index is 587. The van der Waals surface area contributed by atoms with E-state index >= 15 is 0 Å². The van der Waals surface area contributed by atoms with E-state index in [1.165, 1.54) is 27.8 Å². The maximum atomic E-state index is 11.0. The molecule has 0 atom stereocenters. The van der Waals surface area contributed by atoms with E-state index in [1.54, 1.807) is 6.92 Å². The summed E-state index contributed by atoms with van der Waals surface area (Å²) in [5, 5.41) is 2.90. The fraction of sp³-hybridized carbons (Fsp3) is 0.471. The third-order valence-corrected chi connectivity index (χ3v) is 4.21. The van der Waals surface area contributed by atoms with Gasteiger partial charge in [0.15, 0.2) is 0 Å². The number of fused-ring (bicyclic) bond motifs is 3. The van der Waals surface area contributed by atoms with Crippen molar-refractivity contribution >= 4 is 11.5 Å². The summed E-state index contributed by atoms with van der Waals surface area (Å²) in [6, 6.07) is 4.33. The molecule has 0 fully saturated rings. The predicted molar refractivity (Wildman–Crippen MR) is 79.9 cm³/mol. The van der Waals surface area contributed by atoms with E-state index in [0.717, 1.165) is 38.0 Å². The lowest BCUT2D eigenvalue weighted by Gasteiger charge is -2.21. The van der Waals surface area contributed by atoms with E-state index in [2.05, 4.69) is 24.4 Å². The zero-order valence-corrected chi connectivity index (χ0v) is 12.2. The molecule has 1 N–H and O–H groups in total. The van der Waals surface area contributed by atoms with E-state index in [0.29, 0.717) is 6.54 Å². The first-order valence-electron chi connectivity index (χ1n) is 7.38. The minimum atomic E-state index is 0.0416. The summed E-state index contributed by atoms with van der Waals surface area (Å²) in [7, 11) is 0. The Labute approximate surface area is 120 Å². The molecule has 20 heavy (non-hydrogen) atoms. The summed E-state index contributed by atoms with van der Waals surface area (Å²) in [6.07, 6.45) is 4.16. The molecule has 0 saturated carbocycles. The van der Waals surface area contributed by atoms with Gasteiger partial charge in [0.25, 0.3) is 0 Å². The van der Waals surface area contributed by atoms with Gasteiger partial charge in [0, 0.05) is 19.0 Å². The number of hydrogen-bond acceptors (Lipinski definition) is 2. The van der Waals surface area contributed by atoms with E-state index in [1.807, 2.05) is 0 Å². The topological polar surface area (TPSA) is 38.3 Å². The van der Waals surface area contributed by atoms with Gasteiger partial charge in [0.1, 0.15) is 5.75 Å². The number of carbonyl (C=O) groups is 1. The molecule has 106 valence electrons. The van der Waals surface area contributed by atoms with E-state index in [9.17, 15) is 4.79 Å². The second-order valence-electron chi connectivity index (χ2n) is 5.70. The smallest absolute Gasteiger partial charge is 0.216 e. The standard InChI is InChI=1S/C17H21NO2/c1-11-10-13-5-6-16-15(4-3-9-20-16)17(13)14(11)7-8-18-12(2)19/h5-6H,3-4,7-10H2,1-2H3,(H,18,19). The molecule has 3 rings (SSSR count). The Balaban J connectivity index is 1.90. The molecule has 1 aromatic carbocycles. The highest BCUT2D eigenvalue weighted by Crippen LogP contribution is 2.42. The van der Waals surface area contributed by atoms with Gasteiger partial charge in [-0.1, -0.05) is 11.6 Å². The number of nitrogens with one attached hydrogen (secondary N) is 1. The van der Waals surface area contributed by atoms with E-state index in [-0.39, 0.29) is 5.91 Å². The lowest BCUT2D eigenvalue weighted by molar-refractivity contribution is -0.118. The third kappa shape index (κ3) is 2.33. The van der Waals surface area contributed by atoms with Crippen LogP contribution in [0.1, 0.15) is 43.4 Å². The van der Waals surface area contributed by atoms with Crippen molar-refractivity contribution in [2.45, 2.75) is 39.5 Å². The first kappa shape index (κ1) is 13.2. The van der Waals surface area contributed by atoms with Crippen molar-refractivity contribution in [3.8, 4) is 5.75 Å². The van der Waals surface area contributed by atoms with Crippen LogP contribution in [-0.2, 0) is 17.6 Å². The van der Waals surface area contributed by atoms with E-state index in [4.69, 9.17) is 4.74 Å². The maximum absolute atomic E-state index is 11.0. The van der Waals surface area contributed by atoms with Gasteiger partial charge in [-0.05, 0) is 55.4 Å². The molecule has 3 heteroatoms. The second kappa shape index (κ2) is 5.31. The summed E-state index contributed by atoms with van der Waals surface area (Å²) in [4.78, 5) is 11.0. The Hall–Kier alpha value is -1.77. The first-order chi connectivity index (χ1) is 9.66. The fourth-order valence-corrected chi connectivity index (χ4v) is 3.32. The van der Waals surface area contributed by atoms with Gasteiger partial charge in [0.2, 0.25) is 5.91 Å². The number of ether oxygens (including phenoxy) is 1. The molecule has 0 unspecified atom stereocenters. The van der Waals surface area contributed by atoms with Crippen LogP contribution in [0.4, 0.5) is 0 Å². The van der Waals surface area contributed by atoms with Crippen LogP contribution in [0.15, 0.2) is 17.7 Å². The van der Waals surface area contributed by atoms with Crippen molar-refractivity contribution < 1.29 is 9.53 Å². The van der Waals surface area contributed by atoms with Crippen LogP contribution in [-0.4, -0.2) is 19.1 Å². The van der Waals surface area contributed by atoms with Crippen LogP contribution < -0.4 is 10.1 Å². The van der Waals surface area contributed by atoms with Crippen molar-refractivity contribution in [2.75, 3.05) is 13.2 Å². The minimum Gasteiger partial charge on any atom is -0.493 e. The zero-order valence-electron chi connectivity index (χ0n) is 12.2. The second-order valence-corrected chi connectivity index (χ2v) is 5.70. The van der Waals surface area contributed by atoms with Gasteiger partial charge in [-0.25, -0.2) is 0 Å². The summed E-state index contributed by atoms with van der Waals surface area (Å²) in [6.45, 7) is 5.32. The SMILES string of the molecule is CC(=O)NCCC1=C(C)Cc2ccc3c(c21)CCCO3. The lowest BCUT2D eigenvalue weighted by atomic mass is 9.92. The molecule has 1 aromatic rings. The molecule has 0 aromatic heterocycles. The summed E-state index contributed by atoms with van der Waals surface area (Å²) in [5.41, 5.74) is 7.05. The molecular weight excluding hydrogens is 250 g/mol. The monoisotopic (exact) mass is 271 g/mol. The van der Waals surface area contributed by atoms with Gasteiger partial charge in [-0.3, -0.25) is 4.79 Å². The normalized spacial score (nSPS) is 16.5. The number of hydrogen-bond donors (Lipinski definition) is 1. The Kier molecular flexibility index (Phi) is 3.51. The molecular formula is C17H21NO2. The zero-order chi connectivity index (χ0) is 14.1. The average Bonchev–Trinajstić information content (AvgIpc) is 2.75. The molecule has 0 bridgehead atoms. The quantitative estimate of drug-likeness (QED) is 0.918. The number of amides is 1. The Morgan fingerprint density at radius 3 is 3.05 bits per heavy atom. The summed E-state index contributed by atoms with van der Waals surface area (Å²) in [5.74, 6) is 1.10. The third-order valence-electron chi connectivity index (χ3n) is 4.21. The van der Waals surface area contributed by atoms with Crippen molar-refractivity contribution in [3.05, 3.63) is 34.4 Å². The Morgan fingerprint density at radius 2 is 2.25 bits per heavy atom. The molecule has 0 radical (unpaired) electrons. The van der Waals surface area contributed by atoms with Crippen molar-refractivity contribution in [2.24, 2.45) is 0 Å². The van der Waals surface area contributed by atoms with Crippen LogP contribution in [0, 0.1) is 0 Å². The predicted octanol–water partition coefficient (Wildman–Crippen LogP) is 2.87. The highest BCUT2D eigenvalue weighted by molar-refractivity contribution is 5.80. The maximum Gasteiger partial charge on any atom is 0.216 e. The Morgan fingerprint density at radius 1 is 1.40 bits per heavy atom. The molecule has 1 aliphatic carbocycles. The summed E-state index contributed by atoms with van der Waals surface area (Å²) < 4.78 is 5.78. The number of carbonyl (C=O) groups excluding carboxylic acids is 1. The van der Waals surface area contributed by atoms with Crippen molar-refractivity contribution in [3.63, 3.8) is 0 Å². The fourth-order valence-electron chi connectivity index (χ4n) is 3.32. The van der Waals surface area contributed by atoms with Crippen LogP contribution in [0.3, 0.4) is 0 Å². The number of allylic oxidation sites excluding steroid dienone is 1. The van der Waals surface area contributed by atoms with Gasteiger partial charge in [-0.15, -0.1) is 0 Å². The highest BCUT2D eigenvalue weighted by atomic mass is 16.5. The van der Waals surface area contributed by atoms with Crippen LogP contribution in [0.5, 0.6) is 5.75 Å². The average molecular weight is 271 g/mol. The van der Waals surface area contributed by atoms with Crippen LogP contribution in [0.2, 0.25) is 0 Å². The highest BCUT2D eigenvalue weighted by Gasteiger charge is 2.25. The molecule has 1 amide bonds. The van der Waals surface area contributed by atoms with Gasteiger partial charge < -0.3 is 10.1 Å². The molecule has 0 spiro atoms. The molecule has 1 aliphatic heterocycles. The first-order valence-corrected chi connectivity index (χ1v) is 7.38. The van der Waals surface area contributed by atoms with Crippen molar-refractivity contribution in [1.82, 2.24) is 5.32 Å². The number of benzene rings is 1. The van der Waals surface area contributed by atoms with Crippen LogP contribution >= 0.6 is 0 Å².